The average molecular weight is 491 g/mol. The van der Waals surface area contributed by atoms with Crippen molar-refractivity contribution in [3.63, 3.8) is 0 Å². The van der Waals surface area contributed by atoms with Gasteiger partial charge in [0.2, 0.25) is 0 Å². The maximum absolute atomic E-state index is 13.2. The molecule has 0 aromatic heterocycles. The molecule has 0 spiro atoms. The molecular formula is C24H15F6N3O2. The van der Waals surface area contributed by atoms with Crippen LogP contribution in [0, 0.1) is 11.3 Å². The highest BCUT2D eigenvalue weighted by Gasteiger charge is 2.31. The predicted octanol–water partition coefficient (Wildman–Crippen LogP) is 6.74. The first-order chi connectivity index (χ1) is 16.4. The maximum atomic E-state index is 13.2. The quantitative estimate of drug-likeness (QED) is 0.317. The van der Waals surface area contributed by atoms with E-state index in [9.17, 15) is 31.1 Å². The van der Waals surface area contributed by atoms with Crippen LogP contribution in [0.15, 0.2) is 77.8 Å². The zero-order valence-corrected chi connectivity index (χ0v) is 17.6. The number of rotatable bonds is 5. The summed E-state index contributed by atoms with van der Waals surface area (Å²) in [6.45, 7) is 0. The Balaban J connectivity index is 1.88. The molecule has 11 heteroatoms. The molecule has 5 nitrogen and oxygen atoms in total. The van der Waals surface area contributed by atoms with Gasteiger partial charge in [-0.05, 0) is 59.7 Å². The second kappa shape index (κ2) is 10.3. The van der Waals surface area contributed by atoms with Gasteiger partial charge < -0.3 is 10.1 Å². The second-order valence-electron chi connectivity index (χ2n) is 7.12. The van der Waals surface area contributed by atoms with Crippen molar-refractivity contribution in [1.82, 2.24) is 0 Å². The smallest absolute Gasteiger partial charge is 0.406 e. The number of urea groups is 1. The molecule has 0 saturated heterocycles. The van der Waals surface area contributed by atoms with E-state index < -0.39 is 29.9 Å². The summed E-state index contributed by atoms with van der Waals surface area (Å²) in [5.74, 6) is -0.496. The molecule has 2 amide bonds. The number of carbonyl (C=O) groups excluding carboxylic acids is 1. The molecule has 3 aromatic carbocycles. The molecule has 180 valence electrons. The Morgan fingerprint density at radius 2 is 1.60 bits per heavy atom. The number of nitriles is 1. The topological polar surface area (TPSA) is 74.5 Å². The number of alkyl halides is 6. The summed E-state index contributed by atoms with van der Waals surface area (Å²) in [4.78, 5) is 16.4. The number of nitrogens with zero attached hydrogens (tertiary/aromatic N) is 2. The largest absolute Gasteiger partial charge is 0.573 e. The molecule has 3 rings (SSSR count). The first-order valence-corrected chi connectivity index (χ1v) is 9.84. The minimum atomic E-state index is -4.87. The van der Waals surface area contributed by atoms with E-state index >= 15 is 0 Å². The van der Waals surface area contributed by atoms with E-state index in [0.29, 0.717) is 11.1 Å². The lowest BCUT2D eigenvalue weighted by Gasteiger charge is -2.12. The monoisotopic (exact) mass is 491 g/mol. The lowest BCUT2D eigenvalue weighted by atomic mass is 9.99. The van der Waals surface area contributed by atoms with Gasteiger partial charge in [0.15, 0.2) is 0 Å². The lowest BCUT2D eigenvalue weighted by molar-refractivity contribution is -0.274. The third-order valence-corrected chi connectivity index (χ3v) is 4.55. The van der Waals surface area contributed by atoms with Crippen LogP contribution in [0.25, 0.3) is 0 Å². The summed E-state index contributed by atoms with van der Waals surface area (Å²) in [5, 5.41) is 11.3. The summed E-state index contributed by atoms with van der Waals surface area (Å²) < 4.78 is 80.2. The highest BCUT2D eigenvalue weighted by Crippen LogP contribution is 2.30. The molecule has 0 aliphatic carbocycles. The molecule has 0 atom stereocenters. The van der Waals surface area contributed by atoms with E-state index in [0.717, 1.165) is 36.4 Å². The first kappa shape index (κ1) is 25.3. The van der Waals surface area contributed by atoms with Gasteiger partial charge in [0.05, 0.1) is 22.9 Å². The van der Waals surface area contributed by atoms with Crippen molar-refractivity contribution in [3.05, 3.63) is 95.1 Å². The van der Waals surface area contributed by atoms with Crippen molar-refractivity contribution in [2.75, 3.05) is 5.32 Å². The van der Waals surface area contributed by atoms with Crippen LogP contribution in [0.2, 0.25) is 0 Å². The molecular weight excluding hydrogens is 476 g/mol. The van der Waals surface area contributed by atoms with Crippen LogP contribution < -0.4 is 10.1 Å². The molecule has 0 radical (unpaired) electrons. The third-order valence-electron chi connectivity index (χ3n) is 4.55. The highest BCUT2D eigenvalue weighted by molar-refractivity contribution is 6.09. The number of anilines is 1. The normalized spacial score (nSPS) is 12.1. The van der Waals surface area contributed by atoms with Crippen molar-refractivity contribution in [2.45, 2.75) is 19.0 Å². The number of carbonyl (C=O) groups is 1. The number of aliphatic imine (C=N–C) groups is 1. The van der Waals surface area contributed by atoms with Crippen molar-refractivity contribution >= 4 is 17.4 Å². The van der Waals surface area contributed by atoms with Crippen LogP contribution in [0.4, 0.5) is 36.8 Å². The summed E-state index contributed by atoms with van der Waals surface area (Å²) in [5.41, 5.74) is 0.186. The van der Waals surface area contributed by atoms with Crippen LogP contribution in [0.1, 0.15) is 22.3 Å². The Hall–Kier alpha value is -4.33. The molecule has 0 unspecified atom stereocenters. The third kappa shape index (κ3) is 7.60. The molecule has 0 fully saturated rings. The van der Waals surface area contributed by atoms with E-state index in [4.69, 9.17) is 5.26 Å². The Morgan fingerprint density at radius 1 is 0.943 bits per heavy atom. The van der Waals surface area contributed by atoms with Crippen molar-refractivity contribution in [3.8, 4) is 11.8 Å². The van der Waals surface area contributed by atoms with Gasteiger partial charge in [-0.15, -0.1) is 13.2 Å². The number of nitrogens with one attached hydrogen (secondary N) is 1. The molecule has 0 saturated carbocycles. The Kier molecular flexibility index (Phi) is 7.44. The summed E-state index contributed by atoms with van der Waals surface area (Å²) in [6, 6.07) is 15.8. The van der Waals surface area contributed by atoms with Gasteiger partial charge in [-0.25, -0.2) is 4.79 Å². The number of amides is 2. The molecule has 0 aliphatic heterocycles. The zero-order valence-electron chi connectivity index (χ0n) is 17.6. The number of ether oxygens (including phenoxy) is 1. The molecule has 0 aliphatic rings. The molecule has 3 aromatic rings. The van der Waals surface area contributed by atoms with Crippen LogP contribution >= 0.6 is 0 Å². The van der Waals surface area contributed by atoms with Gasteiger partial charge in [0, 0.05) is 12.1 Å². The lowest BCUT2D eigenvalue weighted by Crippen LogP contribution is -2.17. The Morgan fingerprint density at radius 3 is 2.17 bits per heavy atom. The van der Waals surface area contributed by atoms with E-state index in [1.807, 2.05) is 6.07 Å². The molecule has 0 bridgehead atoms. The zero-order chi connectivity index (χ0) is 25.6. The van der Waals surface area contributed by atoms with Crippen LogP contribution in [-0.2, 0) is 12.6 Å². The summed E-state index contributed by atoms with van der Waals surface area (Å²) in [7, 11) is 0. The van der Waals surface area contributed by atoms with Gasteiger partial charge in [-0.3, -0.25) is 0 Å². The minimum absolute atomic E-state index is 0.00957. The van der Waals surface area contributed by atoms with Crippen molar-refractivity contribution in [2.24, 2.45) is 4.99 Å². The van der Waals surface area contributed by atoms with Gasteiger partial charge in [-0.2, -0.15) is 23.4 Å². The van der Waals surface area contributed by atoms with E-state index in [1.54, 1.807) is 12.1 Å². The molecule has 35 heavy (non-hydrogen) atoms. The fourth-order valence-electron chi connectivity index (χ4n) is 2.99. The molecule has 1 N–H and O–H groups in total. The first-order valence-electron chi connectivity index (χ1n) is 9.84. The standard InChI is InChI=1S/C24H15F6N3O2/c25-23(26,27)18-3-1-2-17(13-18)21(12-15-4-6-16(14-31)7-5-15)33-22(34)32-19-8-10-20(11-9-19)35-24(28,29)30/h1-11,13H,12H2,(H,32,34). The van der Waals surface area contributed by atoms with E-state index in [2.05, 4.69) is 15.0 Å². The Labute approximate surface area is 195 Å². The van der Waals surface area contributed by atoms with Crippen LogP contribution in [-0.4, -0.2) is 18.1 Å². The van der Waals surface area contributed by atoms with Crippen molar-refractivity contribution < 1.29 is 35.9 Å². The van der Waals surface area contributed by atoms with Crippen LogP contribution in [0.5, 0.6) is 5.75 Å². The molecule has 0 heterocycles. The fraction of sp³-hybridized carbons (Fsp3) is 0.125. The van der Waals surface area contributed by atoms with E-state index in [1.165, 1.54) is 24.3 Å². The second-order valence-corrected chi connectivity index (χ2v) is 7.12. The Bertz CT molecular complexity index is 1260. The van der Waals surface area contributed by atoms with E-state index in [-0.39, 0.29) is 23.4 Å². The number of benzene rings is 3. The fourth-order valence-corrected chi connectivity index (χ4v) is 2.99. The van der Waals surface area contributed by atoms with Gasteiger partial charge in [0.25, 0.3) is 0 Å². The van der Waals surface area contributed by atoms with Crippen molar-refractivity contribution in [1.29, 1.82) is 5.26 Å². The van der Waals surface area contributed by atoms with Crippen LogP contribution in [0.3, 0.4) is 0 Å². The SMILES string of the molecule is N#Cc1ccc(CC(=NC(=O)Nc2ccc(OC(F)(F)F)cc2)c2cccc(C(F)(F)F)c2)cc1. The summed E-state index contributed by atoms with van der Waals surface area (Å²) >= 11 is 0. The average Bonchev–Trinajstić information content (AvgIpc) is 2.79. The number of hydrogen-bond acceptors (Lipinski definition) is 3. The van der Waals surface area contributed by atoms with Gasteiger partial charge >= 0.3 is 18.6 Å². The summed E-state index contributed by atoms with van der Waals surface area (Å²) in [6.07, 6.45) is -9.52. The highest BCUT2D eigenvalue weighted by atomic mass is 19.4. The number of halogens is 6. The van der Waals surface area contributed by atoms with Gasteiger partial charge in [0.1, 0.15) is 5.75 Å². The van der Waals surface area contributed by atoms with Gasteiger partial charge in [-0.1, -0.05) is 24.3 Å². The predicted molar refractivity (Wildman–Crippen MR) is 115 cm³/mol. The number of hydrogen-bond donors (Lipinski definition) is 1. The maximum Gasteiger partial charge on any atom is 0.573 e. The minimum Gasteiger partial charge on any atom is -0.406 e.